The third-order valence-corrected chi connectivity index (χ3v) is 7.96. The van der Waals surface area contributed by atoms with E-state index in [-0.39, 0.29) is 33.0 Å². The van der Waals surface area contributed by atoms with Crippen LogP contribution in [0.1, 0.15) is 5.56 Å². The predicted molar refractivity (Wildman–Crippen MR) is 149 cm³/mol. The highest BCUT2D eigenvalue weighted by atomic mass is 35.5. The minimum atomic E-state index is -4.07. The van der Waals surface area contributed by atoms with Crippen molar-refractivity contribution in [1.29, 1.82) is 0 Å². The van der Waals surface area contributed by atoms with Crippen LogP contribution in [0.3, 0.4) is 0 Å². The second kappa shape index (κ2) is 9.81. The first-order valence-electron chi connectivity index (χ1n) is 11.4. The second-order valence-electron chi connectivity index (χ2n) is 8.45. The van der Waals surface area contributed by atoms with Gasteiger partial charge in [0.1, 0.15) is 10.6 Å². The van der Waals surface area contributed by atoms with Crippen LogP contribution in [0.2, 0.25) is 5.02 Å². The van der Waals surface area contributed by atoms with Gasteiger partial charge in [-0.05, 0) is 54.4 Å². The van der Waals surface area contributed by atoms with E-state index in [0.717, 1.165) is 0 Å². The lowest BCUT2D eigenvalue weighted by Gasteiger charge is -2.15. The Hall–Kier alpha value is -4.41. The number of hydrogen-bond donors (Lipinski definition) is 2. The molecule has 9 nitrogen and oxygen atoms in total. The molecule has 0 unspecified atom stereocenters. The molecule has 3 N–H and O–H groups in total. The molecule has 0 saturated carbocycles. The average molecular weight is 548 g/mol. The number of ether oxygens (including phenoxy) is 1. The van der Waals surface area contributed by atoms with Gasteiger partial charge in [0, 0.05) is 11.8 Å². The standard InChI is InChI=1S/C27H22ClN5O4S/c1-16-7-6-10-21(28)24(16)38(35,36)32-23-14-18(15-30-25(23)37-2)17-11-12-22-20(13-17)26(34)33(27(29)31-22)19-8-4-3-5-9-19/h3-15,32H,1-2H3,(H2,29,31). The van der Waals surface area contributed by atoms with Crippen molar-refractivity contribution in [3.8, 4) is 22.7 Å². The number of hydrogen-bond acceptors (Lipinski definition) is 7. The van der Waals surface area contributed by atoms with Crippen LogP contribution in [-0.2, 0) is 10.0 Å². The number of sulfonamides is 1. The van der Waals surface area contributed by atoms with Crippen LogP contribution in [-0.4, -0.2) is 30.1 Å². The second-order valence-corrected chi connectivity index (χ2v) is 10.5. The van der Waals surface area contributed by atoms with Gasteiger partial charge in [-0.25, -0.2) is 23.0 Å². The fourth-order valence-corrected chi connectivity index (χ4v) is 6.09. The van der Waals surface area contributed by atoms with Gasteiger partial charge in [-0.2, -0.15) is 0 Å². The van der Waals surface area contributed by atoms with Crippen molar-refractivity contribution in [3.63, 3.8) is 0 Å². The summed E-state index contributed by atoms with van der Waals surface area (Å²) in [6.45, 7) is 1.66. The maximum absolute atomic E-state index is 13.4. The number of halogens is 1. The number of rotatable bonds is 6. The molecular formula is C27H22ClN5O4S. The quantitative estimate of drug-likeness (QED) is 0.312. The van der Waals surface area contributed by atoms with Crippen molar-refractivity contribution < 1.29 is 13.2 Å². The summed E-state index contributed by atoms with van der Waals surface area (Å²) in [4.78, 5) is 22.0. The molecule has 0 atom stereocenters. The normalized spacial score (nSPS) is 11.4. The Morgan fingerprint density at radius 3 is 2.47 bits per heavy atom. The van der Waals surface area contributed by atoms with Crippen LogP contribution < -0.4 is 20.8 Å². The van der Waals surface area contributed by atoms with Gasteiger partial charge in [-0.3, -0.25) is 9.52 Å². The molecule has 0 aliphatic heterocycles. The highest BCUT2D eigenvalue weighted by Crippen LogP contribution is 2.33. The number of nitrogens with two attached hydrogens (primary N) is 1. The van der Waals surface area contributed by atoms with Crippen LogP contribution in [0.5, 0.6) is 5.88 Å². The van der Waals surface area contributed by atoms with Crippen LogP contribution in [0.4, 0.5) is 11.6 Å². The Labute approximate surface area is 223 Å². The van der Waals surface area contributed by atoms with Crippen molar-refractivity contribution in [1.82, 2.24) is 14.5 Å². The van der Waals surface area contributed by atoms with E-state index in [4.69, 9.17) is 22.1 Å². The smallest absolute Gasteiger partial charge is 0.267 e. The van der Waals surface area contributed by atoms with E-state index in [1.165, 1.54) is 23.9 Å². The number of nitrogen functional groups attached to an aromatic ring is 1. The summed E-state index contributed by atoms with van der Waals surface area (Å²) in [5, 5.41) is 0.432. The summed E-state index contributed by atoms with van der Waals surface area (Å²) < 4.78 is 35.7. The van der Waals surface area contributed by atoms with Crippen LogP contribution in [0, 0.1) is 6.92 Å². The lowest BCUT2D eigenvalue weighted by Crippen LogP contribution is -2.23. The van der Waals surface area contributed by atoms with Gasteiger partial charge in [0.15, 0.2) is 0 Å². The van der Waals surface area contributed by atoms with Crippen molar-refractivity contribution >= 4 is 44.2 Å². The Kier molecular flexibility index (Phi) is 6.52. The van der Waals surface area contributed by atoms with E-state index in [9.17, 15) is 13.2 Å². The topological polar surface area (TPSA) is 129 Å². The molecule has 0 spiro atoms. The Morgan fingerprint density at radius 1 is 1.00 bits per heavy atom. The maximum Gasteiger partial charge on any atom is 0.267 e. The molecule has 0 bridgehead atoms. The largest absolute Gasteiger partial charge is 0.480 e. The van der Waals surface area contributed by atoms with Crippen LogP contribution in [0.25, 0.3) is 27.7 Å². The predicted octanol–water partition coefficient (Wildman–Crippen LogP) is 4.80. The lowest BCUT2D eigenvalue weighted by molar-refractivity contribution is 0.400. The molecule has 0 aliphatic carbocycles. The third kappa shape index (κ3) is 4.55. The zero-order valence-electron chi connectivity index (χ0n) is 20.3. The molecule has 0 fully saturated rings. The maximum atomic E-state index is 13.4. The number of nitrogens with zero attached hydrogens (tertiary/aromatic N) is 3. The summed E-state index contributed by atoms with van der Waals surface area (Å²) in [5.41, 5.74) is 8.55. The summed E-state index contributed by atoms with van der Waals surface area (Å²) in [6, 6.07) is 20.5. The summed E-state index contributed by atoms with van der Waals surface area (Å²) in [5.74, 6) is 0.141. The molecule has 0 saturated heterocycles. The molecule has 192 valence electrons. The van der Waals surface area contributed by atoms with E-state index >= 15 is 0 Å². The fourth-order valence-electron chi connectivity index (χ4n) is 4.21. The van der Waals surface area contributed by atoms with Gasteiger partial charge in [0.2, 0.25) is 11.8 Å². The van der Waals surface area contributed by atoms with Gasteiger partial charge < -0.3 is 10.5 Å². The number of para-hydroxylation sites is 1. The van der Waals surface area contributed by atoms with E-state index < -0.39 is 10.0 Å². The third-order valence-electron chi connectivity index (χ3n) is 5.96. The Bertz CT molecular complexity index is 1840. The molecule has 2 heterocycles. The fraction of sp³-hybridized carbons (Fsp3) is 0.0741. The van der Waals surface area contributed by atoms with Crippen molar-refractivity contribution in [2.24, 2.45) is 0 Å². The number of benzene rings is 3. The number of anilines is 2. The first kappa shape index (κ1) is 25.2. The Balaban J connectivity index is 1.61. The zero-order chi connectivity index (χ0) is 27.0. The SMILES string of the molecule is COc1ncc(-c2ccc3nc(N)n(-c4ccccc4)c(=O)c3c2)cc1NS(=O)(=O)c1c(C)cccc1Cl. The number of fused-ring (bicyclic) bond motifs is 1. The number of nitrogens with one attached hydrogen (secondary N) is 1. The van der Waals surface area contributed by atoms with Crippen molar-refractivity contribution in [2.75, 3.05) is 17.6 Å². The molecule has 5 aromatic rings. The molecule has 0 aliphatic rings. The van der Waals surface area contributed by atoms with Gasteiger partial charge in [-0.15, -0.1) is 0 Å². The molecule has 2 aromatic heterocycles. The van der Waals surface area contributed by atoms with E-state index in [2.05, 4.69) is 14.7 Å². The van der Waals surface area contributed by atoms with Crippen molar-refractivity contribution in [2.45, 2.75) is 11.8 Å². The van der Waals surface area contributed by atoms with Crippen LogP contribution >= 0.6 is 11.6 Å². The van der Waals surface area contributed by atoms with E-state index in [0.29, 0.717) is 33.3 Å². The summed E-state index contributed by atoms with van der Waals surface area (Å²) in [7, 11) is -2.68. The first-order chi connectivity index (χ1) is 18.2. The minimum absolute atomic E-state index is 0.0371. The highest BCUT2D eigenvalue weighted by molar-refractivity contribution is 7.93. The molecule has 3 aromatic carbocycles. The minimum Gasteiger partial charge on any atom is -0.480 e. The molecule has 5 rings (SSSR count). The average Bonchev–Trinajstić information content (AvgIpc) is 2.88. The monoisotopic (exact) mass is 547 g/mol. The van der Waals surface area contributed by atoms with Gasteiger partial charge >= 0.3 is 0 Å². The molecule has 0 amide bonds. The Morgan fingerprint density at radius 2 is 1.76 bits per heavy atom. The summed E-state index contributed by atoms with van der Waals surface area (Å²) >= 11 is 6.21. The number of methoxy groups -OCH3 is 1. The molecule has 38 heavy (non-hydrogen) atoms. The zero-order valence-corrected chi connectivity index (χ0v) is 21.9. The number of aromatic nitrogens is 3. The first-order valence-corrected chi connectivity index (χ1v) is 13.3. The van der Waals surface area contributed by atoms with E-state index in [1.54, 1.807) is 67.6 Å². The molecular weight excluding hydrogens is 526 g/mol. The van der Waals surface area contributed by atoms with Gasteiger partial charge in [0.05, 0.1) is 28.7 Å². The lowest BCUT2D eigenvalue weighted by atomic mass is 10.0. The molecule has 11 heteroatoms. The van der Waals surface area contributed by atoms with Crippen LogP contribution in [0.15, 0.2) is 88.7 Å². The highest BCUT2D eigenvalue weighted by Gasteiger charge is 2.23. The summed E-state index contributed by atoms with van der Waals surface area (Å²) in [6.07, 6.45) is 1.53. The van der Waals surface area contributed by atoms with E-state index in [1.807, 2.05) is 6.07 Å². The molecule has 0 radical (unpaired) electrons. The van der Waals surface area contributed by atoms with Gasteiger partial charge in [-0.1, -0.05) is 48.0 Å². The van der Waals surface area contributed by atoms with Crippen molar-refractivity contribution in [3.05, 3.63) is 99.9 Å². The number of pyridine rings is 1. The number of aryl methyl sites for hydroxylation is 1. The van der Waals surface area contributed by atoms with Gasteiger partial charge in [0.25, 0.3) is 15.6 Å².